The fourth-order valence-electron chi connectivity index (χ4n) is 2.39. The van der Waals surface area contributed by atoms with Crippen molar-refractivity contribution in [1.82, 2.24) is 19.8 Å². The van der Waals surface area contributed by atoms with Crippen LogP contribution in [0.25, 0.3) is 4.96 Å². The van der Waals surface area contributed by atoms with Crippen molar-refractivity contribution in [1.29, 1.82) is 0 Å². The highest BCUT2D eigenvalue weighted by molar-refractivity contribution is 7.16. The summed E-state index contributed by atoms with van der Waals surface area (Å²) >= 11 is 1.62. The zero-order valence-corrected chi connectivity index (χ0v) is 11.9. The third kappa shape index (κ3) is 2.50. The second-order valence-corrected chi connectivity index (χ2v) is 6.06. The molecule has 2 N–H and O–H groups in total. The molecule has 1 fully saturated rings. The predicted octanol–water partition coefficient (Wildman–Crippen LogP) is 1.22. The number of rotatable bonds is 5. The van der Waals surface area contributed by atoms with Gasteiger partial charge >= 0.3 is 0 Å². The Morgan fingerprint density at radius 2 is 2.42 bits per heavy atom. The number of hydrogen-bond donors (Lipinski definition) is 1. The van der Waals surface area contributed by atoms with Gasteiger partial charge in [-0.05, 0) is 18.9 Å². The third-order valence-corrected chi connectivity index (χ3v) is 4.65. The van der Waals surface area contributed by atoms with Crippen LogP contribution < -0.4 is 5.73 Å². The molecule has 6 nitrogen and oxygen atoms in total. The lowest BCUT2D eigenvalue weighted by Crippen LogP contribution is -2.16. The van der Waals surface area contributed by atoms with Crippen LogP contribution in [-0.2, 0) is 11.2 Å². The molecule has 104 valence electrons. The van der Waals surface area contributed by atoms with Crippen LogP contribution >= 0.6 is 11.3 Å². The lowest BCUT2D eigenvalue weighted by molar-refractivity contribution is 0.193. The Kier molecular flexibility index (Phi) is 3.76. The highest BCUT2D eigenvalue weighted by Gasteiger charge is 2.25. The standard InChI is InChI=1S/C12H19N5OS/c1-2-8(6-13)5-10-16-17-11(9-3-4-18-7-9)14-15-12(17)19-10/h8-9H,2-7,13H2,1H3. The molecule has 0 aliphatic carbocycles. The minimum atomic E-state index is 0.335. The zero-order chi connectivity index (χ0) is 13.2. The van der Waals surface area contributed by atoms with Crippen molar-refractivity contribution >= 4 is 16.3 Å². The van der Waals surface area contributed by atoms with Gasteiger partial charge in [-0.2, -0.15) is 9.61 Å². The summed E-state index contributed by atoms with van der Waals surface area (Å²) in [4.78, 5) is 0.878. The Hall–Kier alpha value is -1.05. The van der Waals surface area contributed by atoms with E-state index in [9.17, 15) is 0 Å². The number of fused-ring (bicyclic) bond motifs is 1. The Labute approximate surface area is 116 Å². The molecule has 7 heteroatoms. The lowest BCUT2D eigenvalue weighted by atomic mass is 10.0. The van der Waals surface area contributed by atoms with Crippen LogP contribution in [0.3, 0.4) is 0 Å². The van der Waals surface area contributed by atoms with Gasteiger partial charge in [-0.3, -0.25) is 0 Å². The van der Waals surface area contributed by atoms with E-state index in [0.29, 0.717) is 18.4 Å². The molecule has 0 bridgehead atoms. The summed E-state index contributed by atoms with van der Waals surface area (Å²) in [5.74, 6) is 1.78. The van der Waals surface area contributed by atoms with Gasteiger partial charge in [0.25, 0.3) is 0 Å². The van der Waals surface area contributed by atoms with Gasteiger partial charge in [0.15, 0.2) is 5.82 Å². The van der Waals surface area contributed by atoms with Crippen LogP contribution in [0.2, 0.25) is 0 Å². The van der Waals surface area contributed by atoms with E-state index in [2.05, 4.69) is 22.2 Å². The van der Waals surface area contributed by atoms with Gasteiger partial charge in [0, 0.05) is 18.9 Å². The predicted molar refractivity (Wildman–Crippen MR) is 73.4 cm³/mol. The molecule has 3 heterocycles. The molecule has 3 rings (SSSR count). The molecule has 2 unspecified atom stereocenters. The Morgan fingerprint density at radius 1 is 1.53 bits per heavy atom. The van der Waals surface area contributed by atoms with Crippen molar-refractivity contribution in [2.45, 2.75) is 32.1 Å². The van der Waals surface area contributed by atoms with Crippen LogP contribution in [0.5, 0.6) is 0 Å². The molecule has 2 atom stereocenters. The number of aromatic nitrogens is 4. The molecule has 0 amide bonds. The van der Waals surface area contributed by atoms with Crippen molar-refractivity contribution in [3.8, 4) is 0 Å². The number of nitrogens with zero attached hydrogens (tertiary/aromatic N) is 4. The monoisotopic (exact) mass is 281 g/mol. The largest absolute Gasteiger partial charge is 0.381 e. The molecule has 2 aromatic rings. The SMILES string of the molecule is CCC(CN)Cc1nn2c(C3CCOC3)nnc2s1. The van der Waals surface area contributed by atoms with Gasteiger partial charge in [-0.25, -0.2) is 0 Å². The summed E-state index contributed by atoms with van der Waals surface area (Å²) in [6.07, 6.45) is 3.02. The van der Waals surface area contributed by atoms with E-state index in [4.69, 9.17) is 10.5 Å². The van der Waals surface area contributed by atoms with Gasteiger partial charge in [-0.1, -0.05) is 24.7 Å². The molecule has 0 spiro atoms. The maximum Gasteiger partial charge on any atom is 0.234 e. The summed E-state index contributed by atoms with van der Waals surface area (Å²) in [7, 11) is 0. The van der Waals surface area contributed by atoms with E-state index in [0.717, 1.165) is 48.3 Å². The summed E-state index contributed by atoms with van der Waals surface area (Å²) in [5, 5.41) is 14.2. The van der Waals surface area contributed by atoms with Gasteiger partial charge in [0.2, 0.25) is 4.96 Å². The molecule has 0 aromatic carbocycles. The zero-order valence-electron chi connectivity index (χ0n) is 11.1. The van der Waals surface area contributed by atoms with E-state index < -0.39 is 0 Å². The van der Waals surface area contributed by atoms with Crippen molar-refractivity contribution in [3.63, 3.8) is 0 Å². The molecule has 0 radical (unpaired) electrons. The first-order chi connectivity index (χ1) is 9.31. The molecule has 1 saturated heterocycles. The molecular weight excluding hydrogens is 262 g/mol. The average Bonchev–Trinajstić information content (AvgIpc) is 3.11. The normalized spacial score (nSPS) is 21.3. The van der Waals surface area contributed by atoms with Crippen molar-refractivity contribution in [2.24, 2.45) is 11.7 Å². The first-order valence-corrected chi connectivity index (χ1v) is 7.62. The van der Waals surface area contributed by atoms with Crippen LogP contribution in [0.1, 0.15) is 36.5 Å². The first kappa shape index (κ1) is 13.0. The van der Waals surface area contributed by atoms with E-state index in [1.54, 1.807) is 11.3 Å². The minimum absolute atomic E-state index is 0.335. The van der Waals surface area contributed by atoms with Gasteiger partial charge < -0.3 is 10.5 Å². The number of ether oxygens (including phenoxy) is 1. The van der Waals surface area contributed by atoms with Crippen molar-refractivity contribution in [2.75, 3.05) is 19.8 Å². The lowest BCUT2D eigenvalue weighted by Gasteiger charge is -2.08. The number of hydrogen-bond acceptors (Lipinski definition) is 6. The van der Waals surface area contributed by atoms with Gasteiger partial charge in [0.05, 0.1) is 6.61 Å². The van der Waals surface area contributed by atoms with Gasteiger partial charge in [0.1, 0.15) is 5.01 Å². The molecule has 19 heavy (non-hydrogen) atoms. The Bertz CT molecular complexity index is 541. The minimum Gasteiger partial charge on any atom is -0.381 e. The molecule has 1 aliphatic heterocycles. The summed E-state index contributed by atoms with van der Waals surface area (Å²) in [5.41, 5.74) is 5.76. The quantitative estimate of drug-likeness (QED) is 0.891. The van der Waals surface area contributed by atoms with Crippen LogP contribution in [0.4, 0.5) is 0 Å². The van der Waals surface area contributed by atoms with E-state index in [1.807, 2.05) is 4.52 Å². The Balaban J connectivity index is 1.84. The van der Waals surface area contributed by atoms with E-state index in [-0.39, 0.29) is 0 Å². The van der Waals surface area contributed by atoms with Gasteiger partial charge in [-0.15, -0.1) is 10.2 Å². The highest BCUT2D eigenvalue weighted by atomic mass is 32.1. The maximum atomic E-state index is 5.76. The topological polar surface area (TPSA) is 78.3 Å². The average molecular weight is 281 g/mol. The smallest absolute Gasteiger partial charge is 0.234 e. The van der Waals surface area contributed by atoms with Crippen LogP contribution in [0.15, 0.2) is 0 Å². The fraction of sp³-hybridized carbons (Fsp3) is 0.750. The molecule has 0 saturated carbocycles. The van der Waals surface area contributed by atoms with Crippen molar-refractivity contribution < 1.29 is 4.74 Å². The molecule has 1 aliphatic rings. The first-order valence-electron chi connectivity index (χ1n) is 6.80. The van der Waals surface area contributed by atoms with Crippen LogP contribution in [-0.4, -0.2) is 39.6 Å². The summed E-state index contributed by atoms with van der Waals surface area (Å²) in [6, 6.07) is 0. The summed E-state index contributed by atoms with van der Waals surface area (Å²) < 4.78 is 7.31. The Morgan fingerprint density at radius 3 is 3.11 bits per heavy atom. The fourth-order valence-corrected chi connectivity index (χ4v) is 3.34. The second-order valence-electron chi connectivity index (χ2n) is 5.02. The van der Waals surface area contributed by atoms with E-state index in [1.165, 1.54) is 0 Å². The maximum absolute atomic E-state index is 5.76. The molecule has 2 aromatic heterocycles. The van der Waals surface area contributed by atoms with E-state index >= 15 is 0 Å². The highest BCUT2D eigenvalue weighted by Crippen LogP contribution is 2.26. The molecular formula is C12H19N5OS. The van der Waals surface area contributed by atoms with Crippen molar-refractivity contribution in [3.05, 3.63) is 10.8 Å². The summed E-state index contributed by atoms with van der Waals surface area (Å²) in [6.45, 7) is 4.41. The third-order valence-electron chi connectivity index (χ3n) is 3.73. The number of nitrogens with two attached hydrogens (primary N) is 1. The second kappa shape index (κ2) is 5.52. The van der Waals surface area contributed by atoms with Crippen LogP contribution in [0, 0.1) is 5.92 Å².